The predicted octanol–water partition coefficient (Wildman–Crippen LogP) is 3.19. The molecule has 0 amide bonds. The van der Waals surface area contributed by atoms with Crippen molar-refractivity contribution in [1.82, 2.24) is 0 Å². The molecule has 0 aliphatic rings. The van der Waals surface area contributed by atoms with Gasteiger partial charge in [-0.3, -0.25) is 15.1 Å². The fourth-order valence-corrected chi connectivity index (χ4v) is 1.18. The molecule has 0 unspecified atom stereocenters. The molecule has 0 aliphatic heterocycles. The number of nitro benzene ring substituents is 1. The molecule has 0 bridgehead atoms. The Morgan fingerprint density at radius 1 is 1.42 bits per heavy atom. The van der Waals surface area contributed by atoms with Crippen molar-refractivity contribution in [3.05, 3.63) is 45.8 Å². The second-order valence-electron chi connectivity index (χ2n) is 3.45. The van der Waals surface area contributed by atoms with Gasteiger partial charge in [-0.05, 0) is 6.07 Å². The first-order valence-electron chi connectivity index (χ1n) is 5.08. The zero-order valence-corrected chi connectivity index (χ0v) is 9.52. The number of halogens is 3. The zero-order chi connectivity index (χ0) is 14.4. The molecule has 0 saturated carbocycles. The van der Waals surface area contributed by atoms with Gasteiger partial charge in [0.1, 0.15) is 5.75 Å². The summed E-state index contributed by atoms with van der Waals surface area (Å²) < 4.78 is 35.9. The molecular formula is C11H9F3N2O3. The molecule has 19 heavy (non-hydrogen) atoms. The van der Waals surface area contributed by atoms with Gasteiger partial charge >= 0.3 is 6.08 Å². The van der Waals surface area contributed by atoms with Crippen LogP contribution < -0.4 is 0 Å². The maximum Gasteiger partial charge on any atom is 0.301 e. The molecule has 0 radical (unpaired) electrons. The van der Waals surface area contributed by atoms with Crippen LogP contribution in [0.25, 0.3) is 0 Å². The Labute approximate surface area is 105 Å². The van der Waals surface area contributed by atoms with Gasteiger partial charge in [0.2, 0.25) is 0 Å². The number of hydrogen-bond donors (Lipinski definition) is 1. The van der Waals surface area contributed by atoms with Crippen molar-refractivity contribution >= 4 is 11.9 Å². The van der Waals surface area contributed by atoms with Gasteiger partial charge in [-0.1, -0.05) is 0 Å². The Kier molecular flexibility index (Phi) is 5.04. The Hall–Kier alpha value is -2.38. The van der Waals surface area contributed by atoms with Gasteiger partial charge in [0.15, 0.2) is 5.83 Å². The summed E-state index contributed by atoms with van der Waals surface area (Å²) in [5, 5.41) is 19.9. The van der Waals surface area contributed by atoms with E-state index in [9.17, 15) is 28.4 Å². The number of non-ortho nitro benzene ring substituents is 1. The fraction of sp³-hybridized carbons (Fsp3) is 0.182. The van der Waals surface area contributed by atoms with Gasteiger partial charge in [-0.15, -0.1) is 0 Å². The van der Waals surface area contributed by atoms with Crippen LogP contribution in [0.4, 0.5) is 18.9 Å². The summed E-state index contributed by atoms with van der Waals surface area (Å²) in [4.78, 5) is 13.5. The van der Waals surface area contributed by atoms with E-state index in [-0.39, 0.29) is 23.5 Å². The second kappa shape index (κ2) is 6.53. The lowest BCUT2D eigenvalue weighted by atomic mass is 10.2. The number of hydrogen-bond acceptors (Lipinski definition) is 4. The first kappa shape index (κ1) is 14.7. The molecule has 1 aromatic rings. The highest BCUT2D eigenvalue weighted by atomic mass is 19.3. The number of benzene rings is 1. The summed E-state index contributed by atoms with van der Waals surface area (Å²) in [5.41, 5.74) is -0.195. The molecule has 102 valence electrons. The fourth-order valence-electron chi connectivity index (χ4n) is 1.18. The molecule has 0 atom stereocenters. The summed E-state index contributed by atoms with van der Waals surface area (Å²) >= 11 is 0. The minimum absolute atomic E-state index is 0.0549. The van der Waals surface area contributed by atoms with Crippen LogP contribution in [0.15, 0.2) is 35.1 Å². The molecular weight excluding hydrogens is 265 g/mol. The number of rotatable bonds is 5. The molecule has 0 heterocycles. The molecule has 1 rings (SSSR count). The van der Waals surface area contributed by atoms with E-state index in [1.807, 2.05) is 0 Å². The standard InChI is InChI=1S/C11H9F3N2O3/c12-9(11(13)14)3-4-15-6-7-5-8(16(18)19)1-2-10(7)17/h1-2,5-6,17H,3-4H2. The van der Waals surface area contributed by atoms with Crippen LogP contribution in [0.3, 0.4) is 0 Å². The first-order chi connectivity index (χ1) is 8.91. The van der Waals surface area contributed by atoms with E-state index in [0.717, 1.165) is 24.4 Å². The van der Waals surface area contributed by atoms with Crippen molar-refractivity contribution in [3.63, 3.8) is 0 Å². The smallest absolute Gasteiger partial charge is 0.301 e. The van der Waals surface area contributed by atoms with Crippen LogP contribution in [0, 0.1) is 10.1 Å². The number of phenolic OH excluding ortho intramolecular Hbond substituents is 1. The summed E-state index contributed by atoms with van der Waals surface area (Å²) in [6.45, 7) is -0.259. The molecule has 8 heteroatoms. The van der Waals surface area contributed by atoms with Gasteiger partial charge in [0.05, 0.1) is 4.92 Å². The van der Waals surface area contributed by atoms with Gasteiger partial charge in [-0.2, -0.15) is 8.78 Å². The van der Waals surface area contributed by atoms with E-state index in [0.29, 0.717) is 0 Å². The normalized spacial score (nSPS) is 10.7. The summed E-state index contributed by atoms with van der Waals surface area (Å²) in [5.74, 6) is -1.80. The Balaban J connectivity index is 2.74. The highest BCUT2D eigenvalue weighted by Gasteiger charge is 2.08. The van der Waals surface area contributed by atoms with E-state index in [1.54, 1.807) is 0 Å². The van der Waals surface area contributed by atoms with Crippen molar-refractivity contribution in [2.45, 2.75) is 6.42 Å². The van der Waals surface area contributed by atoms with Gasteiger partial charge in [0.25, 0.3) is 5.69 Å². The van der Waals surface area contributed by atoms with E-state index in [1.165, 1.54) is 0 Å². The van der Waals surface area contributed by atoms with Gasteiger partial charge < -0.3 is 5.11 Å². The van der Waals surface area contributed by atoms with E-state index < -0.39 is 23.3 Å². The highest BCUT2D eigenvalue weighted by molar-refractivity contribution is 5.84. The van der Waals surface area contributed by atoms with Crippen LogP contribution in [-0.4, -0.2) is 22.8 Å². The summed E-state index contributed by atoms with van der Waals surface area (Å²) in [7, 11) is 0. The van der Waals surface area contributed by atoms with Crippen molar-refractivity contribution in [2.24, 2.45) is 4.99 Å². The van der Waals surface area contributed by atoms with Gasteiger partial charge in [-0.25, -0.2) is 4.39 Å². The lowest BCUT2D eigenvalue weighted by Crippen LogP contribution is -1.91. The minimum atomic E-state index is -2.40. The molecule has 1 N–H and O–H groups in total. The Morgan fingerprint density at radius 2 is 2.11 bits per heavy atom. The monoisotopic (exact) mass is 274 g/mol. The van der Waals surface area contributed by atoms with E-state index >= 15 is 0 Å². The molecule has 0 fully saturated rings. The lowest BCUT2D eigenvalue weighted by molar-refractivity contribution is -0.384. The average Bonchev–Trinajstić information content (AvgIpc) is 2.35. The van der Waals surface area contributed by atoms with Crippen molar-refractivity contribution in [3.8, 4) is 5.75 Å². The first-order valence-corrected chi connectivity index (χ1v) is 5.08. The average molecular weight is 274 g/mol. The lowest BCUT2D eigenvalue weighted by Gasteiger charge is -1.98. The van der Waals surface area contributed by atoms with Crippen LogP contribution in [-0.2, 0) is 0 Å². The van der Waals surface area contributed by atoms with E-state index in [2.05, 4.69) is 4.99 Å². The Bertz CT molecular complexity index is 540. The molecule has 0 saturated heterocycles. The van der Waals surface area contributed by atoms with E-state index in [4.69, 9.17) is 0 Å². The number of phenols is 1. The predicted molar refractivity (Wildman–Crippen MR) is 62.2 cm³/mol. The summed E-state index contributed by atoms with van der Waals surface area (Å²) in [6.07, 6.45) is -1.91. The zero-order valence-electron chi connectivity index (χ0n) is 9.52. The molecule has 1 aromatic carbocycles. The number of aromatic hydroxyl groups is 1. The second-order valence-corrected chi connectivity index (χ2v) is 3.45. The maximum atomic E-state index is 12.4. The topological polar surface area (TPSA) is 75.7 Å². The van der Waals surface area contributed by atoms with Crippen molar-refractivity contribution in [2.75, 3.05) is 6.54 Å². The Morgan fingerprint density at radius 3 is 2.68 bits per heavy atom. The van der Waals surface area contributed by atoms with Crippen molar-refractivity contribution in [1.29, 1.82) is 0 Å². The number of nitro groups is 1. The molecule has 0 aliphatic carbocycles. The van der Waals surface area contributed by atoms with Crippen molar-refractivity contribution < 1.29 is 23.2 Å². The van der Waals surface area contributed by atoms with Gasteiger partial charge in [0, 0.05) is 36.9 Å². The SMILES string of the molecule is O=[N+]([O-])c1ccc(O)c(C=NCCC(F)=C(F)F)c1. The quantitative estimate of drug-likeness (QED) is 0.509. The molecule has 0 aromatic heterocycles. The third kappa shape index (κ3) is 4.41. The van der Waals surface area contributed by atoms with Crippen LogP contribution in [0.2, 0.25) is 0 Å². The van der Waals surface area contributed by atoms with Crippen LogP contribution in [0.1, 0.15) is 12.0 Å². The summed E-state index contributed by atoms with van der Waals surface area (Å²) in [6, 6.07) is 3.29. The highest BCUT2D eigenvalue weighted by Crippen LogP contribution is 2.21. The van der Waals surface area contributed by atoms with Crippen LogP contribution >= 0.6 is 0 Å². The minimum Gasteiger partial charge on any atom is -0.507 e. The number of aliphatic imine (C=N–C) groups is 1. The largest absolute Gasteiger partial charge is 0.507 e. The molecule has 0 spiro atoms. The van der Waals surface area contributed by atoms with Crippen LogP contribution in [0.5, 0.6) is 5.75 Å². The maximum absolute atomic E-state index is 12.4. The third-order valence-corrected chi connectivity index (χ3v) is 2.12. The number of nitrogens with zero attached hydrogens (tertiary/aromatic N) is 2. The third-order valence-electron chi connectivity index (χ3n) is 2.12. The molecule has 5 nitrogen and oxygen atoms in total.